The molecule has 4 nitrogen and oxygen atoms in total. The molecule has 6 heteroatoms. The van der Waals surface area contributed by atoms with E-state index >= 15 is 0 Å². The summed E-state index contributed by atoms with van der Waals surface area (Å²) in [5, 5.41) is 17.4. The number of thiophene rings is 1. The fraction of sp³-hybridized carbons (Fsp3) is 0.500. The van der Waals surface area contributed by atoms with Gasteiger partial charge >= 0.3 is 0 Å². The third-order valence-corrected chi connectivity index (χ3v) is 4.31. The van der Waals surface area contributed by atoms with Crippen molar-refractivity contribution in [2.75, 3.05) is 19.6 Å². The fourth-order valence-electron chi connectivity index (χ4n) is 1.67. The standard InChI is InChI=1S/C10H13BrN2O2S/c11-7-1-9(16-5-7)10(15)13-3-6-2-12-4-8(6)14/h1,5-6,8,12,14H,2-4H2,(H,13,15). The summed E-state index contributed by atoms with van der Waals surface area (Å²) >= 11 is 4.71. The lowest BCUT2D eigenvalue weighted by Gasteiger charge is -2.13. The van der Waals surface area contributed by atoms with Crippen molar-refractivity contribution in [3.8, 4) is 0 Å². The van der Waals surface area contributed by atoms with Gasteiger partial charge in [-0.05, 0) is 22.0 Å². The van der Waals surface area contributed by atoms with Crippen LogP contribution in [0.4, 0.5) is 0 Å². The average molecular weight is 305 g/mol. The molecular formula is C10H13BrN2O2S. The predicted octanol–water partition coefficient (Wildman–Crippen LogP) is 0.821. The van der Waals surface area contributed by atoms with Gasteiger partial charge < -0.3 is 15.7 Å². The molecule has 0 aromatic carbocycles. The molecule has 1 aromatic heterocycles. The first-order valence-corrected chi connectivity index (χ1v) is 6.75. The number of β-amino-alcohol motifs (C(OH)–C–C–N with tert-alkyl or cyclic N) is 1. The van der Waals surface area contributed by atoms with Crippen LogP contribution in [0.2, 0.25) is 0 Å². The summed E-state index contributed by atoms with van der Waals surface area (Å²) in [6.07, 6.45) is -0.352. The molecule has 2 heterocycles. The number of carbonyl (C=O) groups excluding carboxylic acids is 1. The summed E-state index contributed by atoms with van der Waals surface area (Å²) in [5.74, 6) is 0.0437. The van der Waals surface area contributed by atoms with E-state index in [1.165, 1.54) is 11.3 Å². The van der Waals surface area contributed by atoms with Gasteiger partial charge in [-0.15, -0.1) is 11.3 Å². The molecular weight excluding hydrogens is 292 g/mol. The summed E-state index contributed by atoms with van der Waals surface area (Å²) in [7, 11) is 0. The second-order valence-corrected chi connectivity index (χ2v) is 5.65. The van der Waals surface area contributed by atoms with E-state index in [-0.39, 0.29) is 17.9 Å². The van der Waals surface area contributed by atoms with Crippen molar-refractivity contribution in [2.45, 2.75) is 6.10 Å². The second kappa shape index (κ2) is 5.27. The van der Waals surface area contributed by atoms with Crippen LogP contribution in [-0.4, -0.2) is 36.8 Å². The van der Waals surface area contributed by atoms with E-state index in [2.05, 4.69) is 26.6 Å². The maximum Gasteiger partial charge on any atom is 0.261 e. The zero-order chi connectivity index (χ0) is 11.5. The largest absolute Gasteiger partial charge is 0.391 e. The molecule has 0 bridgehead atoms. The first kappa shape index (κ1) is 12.0. The van der Waals surface area contributed by atoms with Crippen LogP contribution >= 0.6 is 27.3 Å². The van der Waals surface area contributed by atoms with E-state index in [0.29, 0.717) is 18.0 Å². The lowest BCUT2D eigenvalue weighted by molar-refractivity contribution is 0.0931. The van der Waals surface area contributed by atoms with Crippen LogP contribution in [0.25, 0.3) is 0 Å². The molecule has 1 aliphatic rings. The van der Waals surface area contributed by atoms with Crippen molar-refractivity contribution in [2.24, 2.45) is 5.92 Å². The van der Waals surface area contributed by atoms with Crippen LogP contribution in [0.5, 0.6) is 0 Å². The van der Waals surface area contributed by atoms with Crippen LogP contribution in [-0.2, 0) is 0 Å². The van der Waals surface area contributed by atoms with Crippen molar-refractivity contribution in [1.29, 1.82) is 0 Å². The highest BCUT2D eigenvalue weighted by Crippen LogP contribution is 2.19. The average Bonchev–Trinajstić information content (AvgIpc) is 2.84. The molecule has 3 N–H and O–H groups in total. The van der Waals surface area contributed by atoms with E-state index in [1.54, 1.807) is 6.07 Å². The Morgan fingerprint density at radius 2 is 2.50 bits per heavy atom. The van der Waals surface area contributed by atoms with Crippen LogP contribution in [0.15, 0.2) is 15.9 Å². The van der Waals surface area contributed by atoms with Gasteiger partial charge in [0.05, 0.1) is 11.0 Å². The molecule has 1 amide bonds. The van der Waals surface area contributed by atoms with Gasteiger partial charge in [0.25, 0.3) is 5.91 Å². The minimum Gasteiger partial charge on any atom is -0.391 e. The highest BCUT2D eigenvalue weighted by Gasteiger charge is 2.25. The van der Waals surface area contributed by atoms with E-state index in [0.717, 1.165) is 11.0 Å². The van der Waals surface area contributed by atoms with Gasteiger partial charge in [0.2, 0.25) is 0 Å². The molecule has 88 valence electrons. The third kappa shape index (κ3) is 2.82. The summed E-state index contributed by atoms with van der Waals surface area (Å²) in [6, 6.07) is 1.79. The molecule has 0 saturated carbocycles. The van der Waals surface area contributed by atoms with Gasteiger partial charge in [-0.3, -0.25) is 4.79 Å². The molecule has 0 aliphatic carbocycles. The van der Waals surface area contributed by atoms with Crippen molar-refractivity contribution in [3.63, 3.8) is 0 Å². The summed E-state index contributed by atoms with van der Waals surface area (Å²) < 4.78 is 0.921. The molecule has 1 fully saturated rings. The third-order valence-electron chi connectivity index (χ3n) is 2.62. The van der Waals surface area contributed by atoms with Crippen molar-refractivity contribution in [3.05, 3.63) is 20.8 Å². The SMILES string of the molecule is O=C(NCC1CNCC1O)c1cc(Br)cs1. The van der Waals surface area contributed by atoms with E-state index in [1.807, 2.05) is 5.38 Å². The maximum atomic E-state index is 11.7. The number of hydrogen-bond acceptors (Lipinski definition) is 4. The maximum absolute atomic E-state index is 11.7. The Labute approximate surface area is 106 Å². The van der Waals surface area contributed by atoms with Crippen LogP contribution < -0.4 is 10.6 Å². The van der Waals surface area contributed by atoms with E-state index in [9.17, 15) is 9.90 Å². The first-order valence-electron chi connectivity index (χ1n) is 5.08. The smallest absolute Gasteiger partial charge is 0.261 e. The number of amides is 1. The number of halogens is 1. The van der Waals surface area contributed by atoms with Gasteiger partial charge in [-0.2, -0.15) is 0 Å². The number of carbonyl (C=O) groups is 1. The van der Waals surface area contributed by atoms with Gasteiger partial charge in [0.15, 0.2) is 0 Å². The Balaban J connectivity index is 1.84. The first-order chi connectivity index (χ1) is 7.66. The lowest BCUT2D eigenvalue weighted by Crippen LogP contribution is -2.34. The fourth-order valence-corrected chi connectivity index (χ4v) is 3.01. The normalized spacial score (nSPS) is 24.6. The van der Waals surface area contributed by atoms with Gasteiger partial charge in [0, 0.05) is 35.4 Å². The monoisotopic (exact) mass is 304 g/mol. The molecule has 2 rings (SSSR count). The Morgan fingerprint density at radius 3 is 3.06 bits per heavy atom. The zero-order valence-electron chi connectivity index (χ0n) is 8.57. The van der Waals surface area contributed by atoms with Crippen LogP contribution in [0, 0.1) is 5.92 Å². The highest BCUT2D eigenvalue weighted by atomic mass is 79.9. The van der Waals surface area contributed by atoms with E-state index in [4.69, 9.17) is 0 Å². The summed E-state index contributed by atoms with van der Waals surface area (Å²) in [4.78, 5) is 12.4. The Hall–Kier alpha value is -0.430. The van der Waals surface area contributed by atoms with Crippen LogP contribution in [0.1, 0.15) is 9.67 Å². The summed E-state index contributed by atoms with van der Waals surface area (Å²) in [5.41, 5.74) is 0. The van der Waals surface area contributed by atoms with Gasteiger partial charge in [0.1, 0.15) is 0 Å². The number of rotatable bonds is 3. The molecule has 1 aromatic rings. The molecule has 0 spiro atoms. The Kier molecular flexibility index (Phi) is 3.96. The highest BCUT2D eigenvalue weighted by molar-refractivity contribution is 9.10. The van der Waals surface area contributed by atoms with Crippen molar-refractivity contribution < 1.29 is 9.90 Å². The Morgan fingerprint density at radius 1 is 1.69 bits per heavy atom. The van der Waals surface area contributed by atoms with Gasteiger partial charge in [-0.1, -0.05) is 0 Å². The minimum absolute atomic E-state index is 0.0743. The van der Waals surface area contributed by atoms with Crippen LogP contribution in [0.3, 0.4) is 0 Å². The number of aliphatic hydroxyl groups excluding tert-OH is 1. The van der Waals surface area contributed by atoms with Gasteiger partial charge in [-0.25, -0.2) is 0 Å². The minimum atomic E-state index is -0.352. The molecule has 1 saturated heterocycles. The second-order valence-electron chi connectivity index (χ2n) is 3.82. The quantitative estimate of drug-likeness (QED) is 0.775. The predicted molar refractivity (Wildman–Crippen MR) is 66.7 cm³/mol. The topological polar surface area (TPSA) is 61.4 Å². The molecule has 16 heavy (non-hydrogen) atoms. The zero-order valence-corrected chi connectivity index (χ0v) is 11.0. The number of nitrogens with one attached hydrogen (secondary N) is 2. The molecule has 0 radical (unpaired) electrons. The molecule has 2 atom stereocenters. The lowest BCUT2D eigenvalue weighted by atomic mass is 10.1. The van der Waals surface area contributed by atoms with Crippen molar-refractivity contribution >= 4 is 33.2 Å². The van der Waals surface area contributed by atoms with Crippen molar-refractivity contribution in [1.82, 2.24) is 10.6 Å². The van der Waals surface area contributed by atoms with E-state index < -0.39 is 0 Å². The molecule has 2 unspecified atom stereocenters. The Bertz CT molecular complexity index is 383. The summed E-state index contributed by atoms with van der Waals surface area (Å²) in [6.45, 7) is 1.89. The number of hydrogen-bond donors (Lipinski definition) is 3. The number of aliphatic hydroxyl groups is 1. The molecule has 1 aliphatic heterocycles.